The van der Waals surface area contributed by atoms with Gasteiger partial charge in [0.2, 0.25) is 5.91 Å². The molecular formula is C13H18N2O2S. The minimum Gasteiger partial charge on any atom is -0.348 e. The van der Waals surface area contributed by atoms with Crippen LogP contribution >= 0.6 is 11.3 Å². The van der Waals surface area contributed by atoms with Crippen LogP contribution in [-0.2, 0) is 4.79 Å². The molecule has 0 aliphatic carbocycles. The third-order valence-electron chi connectivity index (χ3n) is 3.34. The maximum Gasteiger partial charge on any atom is 0.261 e. The fraction of sp³-hybridized carbons (Fsp3) is 0.538. The second-order valence-corrected chi connectivity index (χ2v) is 5.60. The molecule has 5 heteroatoms. The average molecular weight is 266 g/mol. The molecule has 1 aromatic heterocycles. The van der Waals surface area contributed by atoms with E-state index in [-0.39, 0.29) is 17.9 Å². The van der Waals surface area contributed by atoms with E-state index in [0.29, 0.717) is 0 Å². The second-order valence-electron chi connectivity index (χ2n) is 4.69. The van der Waals surface area contributed by atoms with Crippen molar-refractivity contribution in [2.45, 2.75) is 32.7 Å². The first-order valence-corrected chi connectivity index (χ1v) is 7.06. The number of amides is 2. The summed E-state index contributed by atoms with van der Waals surface area (Å²) in [4.78, 5) is 25.9. The molecule has 4 nitrogen and oxygen atoms in total. The Kier molecular flexibility index (Phi) is 4.01. The van der Waals surface area contributed by atoms with E-state index in [1.165, 1.54) is 11.3 Å². The Balaban J connectivity index is 1.87. The summed E-state index contributed by atoms with van der Waals surface area (Å²) in [5.41, 5.74) is 1.03. The van der Waals surface area contributed by atoms with Crippen LogP contribution in [0.2, 0.25) is 0 Å². The highest BCUT2D eigenvalue weighted by Crippen LogP contribution is 2.17. The lowest BCUT2D eigenvalue weighted by molar-refractivity contribution is -0.129. The van der Waals surface area contributed by atoms with Gasteiger partial charge in [0.1, 0.15) is 0 Å². The first kappa shape index (κ1) is 13.1. The van der Waals surface area contributed by atoms with E-state index in [9.17, 15) is 9.59 Å². The highest BCUT2D eigenvalue weighted by molar-refractivity contribution is 7.12. The summed E-state index contributed by atoms with van der Waals surface area (Å²) in [5.74, 6) is 0.137. The largest absolute Gasteiger partial charge is 0.348 e. The van der Waals surface area contributed by atoms with Crippen molar-refractivity contribution in [1.82, 2.24) is 10.2 Å². The van der Waals surface area contributed by atoms with E-state index in [4.69, 9.17) is 0 Å². The number of carbonyl (C=O) groups is 2. The quantitative estimate of drug-likeness (QED) is 0.887. The minimum atomic E-state index is 0.0174. The monoisotopic (exact) mass is 266 g/mol. The van der Waals surface area contributed by atoms with E-state index in [0.717, 1.165) is 36.4 Å². The van der Waals surface area contributed by atoms with Crippen molar-refractivity contribution in [3.05, 3.63) is 21.9 Å². The van der Waals surface area contributed by atoms with Crippen molar-refractivity contribution >= 4 is 23.2 Å². The van der Waals surface area contributed by atoms with Crippen LogP contribution in [-0.4, -0.2) is 35.8 Å². The lowest BCUT2D eigenvalue weighted by Crippen LogP contribution is -2.45. The lowest BCUT2D eigenvalue weighted by Gasteiger charge is -2.31. The molecule has 1 aliphatic rings. The Morgan fingerprint density at radius 3 is 2.56 bits per heavy atom. The van der Waals surface area contributed by atoms with E-state index < -0.39 is 0 Å². The number of likely N-dealkylation sites (tertiary alicyclic amines) is 1. The van der Waals surface area contributed by atoms with Crippen LogP contribution in [0.4, 0.5) is 0 Å². The Hall–Kier alpha value is -1.36. The summed E-state index contributed by atoms with van der Waals surface area (Å²) in [6, 6.07) is 2.15. The molecule has 1 aliphatic heterocycles. The molecule has 0 unspecified atom stereocenters. The van der Waals surface area contributed by atoms with Gasteiger partial charge in [-0.15, -0.1) is 11.3 Å². The minimum absolute atomic E-state index is 0.0174. The van der Waals surface area contributed by atoms with Crippen LogP contribution in [0.25, 0.3) is 0 Å². The van der Waals surface area contributed by atoms with Crippen LogP contribution in [0.5, 0.6) is 0 Å². The molecule has 2 rings (SSSR count). The van der Waals surface area contributed by atoms with E-state index in [2.05, 4.69) is 5.32 Å². The van der Waals surface area contributed by atoms with Gasteiger partial charge in [0, 0.05) is 26.1 Å². The Labute approximate surface area is 111 Å². The molecule has 18 heavy (non-hydrogen) atoms. The molecule has 1 aromatic rings. The van der Waals surface area contributed by atoms with Gasteiger partial charge >= 0.3 is 0 Å². The summed E-state index contributed by atoms with van der Waals surface area (Å²) >= 11 is 1.48. The Morgan fingerprint density at radius 2 is 2.06 bits per heavy atom. The molecule has 1 saturated heterocycles. The zero-order chi connectivity index (χ0) is 13.1. The van der Waals surface area contributed by atoms with E-state index in [1.54, 1.807) is 6.92 Å². The van der Waals surface area contributed by atoms with Crippen LogP contribution in [0, 0.1) is 6.92 Å². The number of aryl methyl sites for hydroxylation is 1. The van der Waals surface area contributed by atoms with Crippen molar-refractivity contribution in [3.63, 3.8) is 0 Å². The Bertz CT molecular complexity index is 448. The molecule has 1 N–H and O–H groups in total. The number of nitrogens with zero attached hydrogens (tertiary/aromatic N) is 1. The van der Waals surface area contributed by atoms with E-state index >= 15 is 0 Å². The van der Waals surface area contributed by atoms with Crippen LogP contribution in [0.1, 0.15) is 35.0 Å². The number of rotatable bonds is 2. The zero-order valence-electron chi connectivity index (χ0n) is 10.7. The third kappa shape index (κ3) is 2.90. The number of hydrogen-bond donors (Lipinski definition) is 1. The van der Waals surface area contributed by atoms with Gasteiger partial charge in [-0.3, -0.25) is 9.59 Å². The molecule has 0 radical (unpaired) electrons. The maximum absolute atomic E-state index is 12.0. The Morgan fingerprint density at radius 1 is 1.39 bits per heavy atom. The normalized spacial score (nSPS) is 16.7. The van der Waals surface area contributed by atoms with Gasteiger partial charge in [-0.2, -0.15) is 0 Å². The van der Waals surface area contributed by atoms with Crippen LogP contribution in [0.15, 0.2) is 11.4 Å². The van der Waals surface area contributed by atoms with E-state index in [1.807, 2.05) is 23.3 Å². The predicted molar refractivity (Wildman–Crippen MR) is 71.8 cm³/mol. The number of carbonyl (C=O) groups excluding carboxylic acids is 2. The molecule has 1 fully saturated rings. The average Bonchev–Trinajstić information content (AvgIpc) is 2.76. The molecule has 0 aromatic carbocycles. The lowest BCUT2D eigenvalue weighted by atomic mass is 10.0. The molecule has 0 atom stereocenters. The molecule has 0 saturated carbocycles. The van der Waals surface area contributed by atoms with Gasteiger partial charge in [0.15, 0.2) is 0 Å². The molecule has 0 bridgehead atoms. The summed E-state index contributed by atoms with van der Waals surface area (Å²) in [6.45, 7) is 5.02. The molecule has 2 heterocycles. The van der Waals surface area contributed by atoms with Gasteiger partial charge in [0.25, 0.3) is 5.91 Å². The van der Waals surface area contributed by atoms with Gasteiger partial charge < -0.3 is 10.2 Å². The van der Waals surface area contributed by atoms with Gasteiger partial charge in [-0.1, -0.05) is 0 Å². The third-order valence-corrected chi connectivity index (χ3v) is 4.36. The summed E-state index contributed by atoms with van der Waals surface area (Å²) in [7, 11) is 0. The number of piperidine rings is 1. The summed E-state index contributed by atoms with van der Waals surface area (Å²) < 4.78 is 0. The number of nitrogens with one attached hydrogen (secondary N) is 1. The van der Waals surface area contributed by atoms with Crippen molar-refractivity contribution in [2.24, 2.45) is 0 Å². The standard InChI is InChI=1S/C13H18N2O2S/c1-9-5-8-18-12(9)13(17)14-11-3-6-15(7-4-11)10(2)16/h5,8,11H,3-4,6-7H2,1-2H3,(H,14,17). The van der Waals surface area contributed by atoms with Crippen molar-refractivity contribution in [1.29, 1.82) is 0 Å². The molecule has 0 spiro atoms. The van der Waals surface area contributed by atoms with Crippen molar-refractivity contribution in [2.75, 3.05) is 13.1 Å². The maximum atomic E-state index is 12.0. The molecular weight excluding hydrogens is 248 g/mol. The smallest absolute Gasteiger partial charge is 0.261 e. The zero-order valence-corrected chi connectivity index (χ0v) is 11.5. The van der Waals surface area contributed by atoms with Crippen LogP contribution in [0.3, 0.4) is 0 Å². The summed E-state index contributed by atoms with van der Waals surface area (Å²) in [5, 5.41) is 4.99. The SMILES string of the molecule is CC(=O)N1CCC(NC(=O)c2sccc2C)CC1. The topological polar surface area (TPSA) is 49.4 Å². The second kappa shape index (κ2) is 5.52. The fourth-order valence-electron chi connectivity index (χ4n) is 2.20. The first-order chi connectivity index (χ1) is 8.58. The van der Waals surface area contributed by atoms with Crippen molar-refractivity contribution < 1.29 is 9.59 Å². The molecule has 2 amide bonds. The van der Waals surface area contributed by atoms with Gasteiger partial charge in [-0.05, 0) is 36.8 Å². The highest BCUT2D eigenvalue weighted by atomic mass is 32.1. The number of thiophene rings is 1. The highest BCUT2D eigenvalue weighted by Gasteiger charge is 2.23. The first-order valence-electron chi connectivity index (χ1n) is 6.18. The van der Waals surface area contributed by atoms with Crippen molar-refractivity contribution in [3.8, 4) is 0 Å². The summed E-state index contributed by atoms with van der Waals surface area (Å²) in [6.07, 6.45) is 1.69. The van der Waals surface area contributed by atoms with Gasteiger partial charge in [0.05, 0.1) is 4.88 Å². The van der Waals surface area contributed by atoms with Gasteiger partial charge in [-0.25, -0.2) is 0 Å². The number of hydrogen-bond acceptors (Lipinski definition) is 3. The van der Waals surface area contributed by atoms with Crippen LogP contribution < -0.4 is 5.32 Å². The fourth-order valence-corrected chi connectivity index (χ4v) is 3.02. The molecule has 98 valence electrons. The predicted octanol–water partition coefficient (Wildman–Crippen LogP) is 1.80.